The number of hydrogen-bond acceptors (Lipinski definition) is 2. The normalized spacial score (nSPS) is 20.5. The molecule has 1 saturated heterocycles. The molecule has 1 fully saturated rings. The van der Waals surface area contributed by atoms with Crippen LogP contribution < -0.4 is 5.32 Å². The first-order valence-electron chi connectivity index (χ1n) is 6.40. The molecule has 5 heteroatoms. The van der Waals surface area contributed by atoms with Crippen molar-refractivity contribution in [1.29, 1.82) is 0 Å². The molecule has 2 rings (SSSR count). The highest BCUT2D eigenvalue weighted by atomic mass is 19.3. The first-order valence-corrected chi connectivity index (χ1v) is 6.40. The number of carbonyl (C=O) groups excluding carboxylic acids is 1. The molecular weight excluding hydrogens is 250 g/mol. The van der Waals surface area contributed by atoms with Crippen LogP contribution in [0.2, 0.25) is 0 Å². The van der Waals surface area contributed by atoms with E-state index in [9.17, 15) is 13.6 Å². The zero-order valence-electron chi connectivity index (χ0n) is 10.9. The number of nitrogens with one attached hydrogen (secondary N) is 1. The van der Waals surface area contributed by atoms with E-state index >= 15 is 0 Å². The van der Waals surface area contributed by atoms with Gasteiger partial charge in [0.1, 0.15) is 0 Å². The van der Waals surface area contributed by atoms with Gasteiger partial charge < -0.3 is 5.32 Å². The summed E-state index contributed by atoms with van der Waals surface area (Å²) in [6, 6.07) is 9.80. The third-order valence-corrected chi connectivity index (χ3v) is 3.26. The van der Waals surface area contributed by atoms with Gasteiger partial charge in [-0.3, -0.25) is 9.69 Å². The average Bonchev–Trinajstić information content (AvgIpc) is 2.76. The lowest BCUT2D eigenvalue weighted by Crippen LogP contribution is -2.44. The number of hydrogen-bond donors (Lipinski definition) is 1. The van der Waals surface area contributed by atoms with Gasteiger partial charge in [0.2, 0.25) is 0 Å². The van der Waals surface area contributed by atoms with E-state index < -0.39 is 11.8 Å². The van der Waals surface area contributed by atoms with Gasteiger partial charge >= 0.3 is 5.92 Å². The predicted molar refractivity (Wildman–Crippen MR) is 68.9 cm³/mol. The van der Waals surface area contributed by atoms with Gasteiger partial charge in [0.05, 0.1) is 0 Å². The molecule has 0 saturated carbocycles. The van der Waals surface area contributed by atoms with Gasteiger partial charge in [-0.2, -0.15) is 8.78 Å². The average molecular weight is 268 g/mol. The van der Waals surface area contributed by atoms with Crippen LogP contribution in [0.5, 0.6) is 0 Å². The number of nitrogens with zero attached hydrogens (tertiary/aromatic N) is 1. The molecule has 1 aromatic carbocycles. The minimum Gasteiger partial charge on any atom is -0.347 e. The third-order valence-electron chi connectivity index (χ3n) is 3.26. The molecule has 1 amide bonds. The Kier molecular flexibility index (Phi) is 4.14. The maximum Gasteiger partial charge on any atom is 0.321 e. The number of amides is 1. The second kappa shape index (κ2) is 5.65. The molecule has 1 heterocycles. The minimum absolute atomic E-state index is 0.179. The molecular formula is C14H18F2N2O. The molecule has 0 radical (unpaired) electrons. The zero-order valence-corrected chi connectivity index (χ0v) is 10.9. The standard InChI is InChI=1S/C14H18F2N2O/c1-14(15,16)13(19)17-12-7-8-18(10-12)9-11-5-3-2-4-6-11/h2-6,12H,7-10H2,1H3,(H,17,19). The van der Waals surface area contributed by atoms with E-state index in [1.165, 1.54) is 5.56 Å². The van der Waals surface area contributed by atoms with Gasteiger partial charge in [-0.05, 0) is 12.0 Å². The largest absolute Gasteiger partial charge is 0.347 e. The van der Waals surface area contributed by atoms with Crippen molar-refractivity contribution in [1.82, 2.24) is 10.2 Å². The molecule has 104 valence electrons. The number of benzene rings is 1. The van der Waals surface area contributed by atoms with Crippen molar-refractivity contribution < 1.29 is 13.6 Å². The van der Waals surface area contributed by atoms with Gasteiger partial charge in [0.15, 0.2) is 0 Å². The Hall–Kier alpha value is -1.49. The number of rotatable bonds is 4. The monoisotopic (exact) mass is 268 g/mol. The first kappa shape index (κ1) is 13.9. The summed E-state index contributed by atoms with van der Waals surface area (Å²) in [5, 5.41) is 2.40. The quantitative estimate of drug-likeness (QED) is 0.906. The fraction of sp³-hybridized carbons (Fsp3) is 0.500. The van der Waals surface area contributed by atoms with Crippen LogP contribution in [0, 0.1) is 0 Å². The van der Waals surface area contributed by atoms with Gasteiger partial charge in [0.25, 0.3) is 5.91 Å². The second-order valence-electron chi connectivity index (χ2n) is 5.07. The Morgan fingerprint density at radius 2 is 2.11 bits per heavy atom. The second-order valence-corrected chi connectivity index (χ2v) is 5.07. The summed E-state index contributed by atoms with van der Waals surface area (Å²) in [6.07, 6.45) is 0.717. The van der Waals surface area contributed by atoms with Crippen molar-refractivity contribution in [3.05, 3.63) is 35.9 Å². The van der Waals surface area contributed by atoms with Crippen molar-refractivity contribution >= 4 is 5.91 Å². The molecule has 0 spiro atoms. The lowest BCUT2D eigenvalue weighted by molar-refractivity contribution is -0.143. The molecule has 1 N–H and O–H groups in total. The third kappa shape index (κ3) is 3.99. The van der Waals surface area contributed by atoms with Crippen LogP contribution >= 0.6 is 0 Å². The molecule has 1 aliphatic heterocycles. The topological polar surface area (TPSA) is 32.3 Å². The number of carbonyl (C=O) groups is 1. The molecule has 0 aromatic heterocycles. The van der Waals surface area contributed by atoms with Crippen molar-refractivity contribution in [2.75, 3.05) is 13.1 Å². The van der Waals surface area contributed by atoms with Gasteiger partial charge in [0, 0.05) is 32.6 Å². The highest BCUT2D eigenvalue weighted by molar-refractivity contribution is 5.83. The van der Waals surface area contributed by atoms with Gasteiger partial charge in [-0.25, -0.2) is 0 Å². The van der Waals surface area contributed by atoms with Crippen LogP contribution in [0.4, 0.5) is 8.78 Å². The minimum atomic E-state index is -3.30. The highest BCUT2D eigenvalue weighted by Crippen LogP contribution is 2.16. The van der Waals surface area contributed by atoms with Crippen LogP contribution in [-0.2, 0) is 11.3 Å². The van der Waals surface area contributed by atoms with Gasteiger partial charge in [-0.1, -0.05) is 30.3 Å². The SMILES string of the molecule is CC(F)(F)C(=O)NC1CCN(Cc2ccccc2)C1. The van der Waals surface area contributed by atoms with Crippen LogP contribution in [0.15, 0.2) is 30.3 Å². The Labute approximate surface area is 111 Å². The lowest BCUT2D eigenvalue weighted by atomic mass is 10.2. The predicted octanol–water partition coefficient (Wildman–Crippen LogP) is 2.03. The van der Waals surface area contributed by atoms with Crippen molar-refractivity contribution in [3.8, 4) is 0 Å². The van der Waals surface area contributed by atoms with E-state index in [0.717, 1.165) is 13.1 Å². The summed E-state index contributed by atoms with van der Waals surface area (Å²) in [5.74, 6) is -4.48. The zero-order chi connectivity index (χ0) is 13.9. The lowest BCUT2D eigenvalue weighted by Gasteiger charge is -2.18. The molecule has 1 unspecified atom stereocenters. The van der Waals surface area contributed by atoms with Crippen LogP contribution in [0.25, 0.3) is 0 Å². The van der Waals surface area contributed by atoms with Crippen molar-refractivity contribution in [2.45, 2.75) is 31.9 Å². The van der Waals surface area contributed by atoms with Crippen LogP contribution in [-0.4, -0.2) is 35.9 Å². The van der Waals surface area contributed by atoms with Crippen LogP contribution in [0.1, 0.15) is 18.9 Å². The van der Waals surface area contributed by atoms with E-state index in [2.05, 4.69) is 10.2 Å². The first-order chi connectivity index (χ1) is 8.95. The summed E-state index contributed by atoms with van der Waals surface area (Å²) in [4.78, 5) is 13.4. The summed E-state index contributed by atoms with van der Waals surface area (Å²) >= 11 is 0. The molecule has 19 heavy (non-hydrogen) atoms. The van der Waals surface area contributed by atoms with E-state index in [-0.39, 0.29) is 6.04 Å². The molecule has 0 bridgehead atoms. The smallest absolute Gasteiger partial charge is 0.321 e. The molecule has 3 nitrogen and oxygen atoms in total. The molecule has 1 aliphatic rings. The molecule has 1 aromatic rings. The fourth-order valence-corrected chi connectivity index (χ4v) is 2.25. The summed E-state index contributed by atoms with van der Waals surface area (Å²) < 4.78 is 25.6. The Bertz CT molecular complexity index is 431. The van der Waals surface area contributed by atoms with E-state index in [1.54, 1.807) is 0 Å². The van der Waals surface area contributed by atoms with Crippen molar-refractivity contribution in [3.63, 3.8) is 0 Å². The van der Waals surface area contributed by atoms with Crippen LogP contribution in [0.3, 0.4) is 0 Å². The Balaban J connectivity index is 1.82. The maximum atomic E-state index is 12.8. The summed E-state index contributed by atoms with van der Waals surface area (Å²) in [7, 11) is 0. The summed E-state index contributed by atoms with van der Waals surface area (Å²) in [5.41, 5.74) is 1.19. The molecule has 0 aliphatic carbocycles. The fourth-order valence-electron chi connectivity index (χ4n) is 2.25. The highest BCUT2D eigenvalue weighted by Gasteiger charge is 2.35. The van der Waals surface area contributed by atoms with E-state index in [1.807, 2.05) is 30.3 Å². The van der Waals surface area contributed by atoms with E-state index in [0.29, 0.717) is 19.9 Å². The molecule has 1 atom stereocenters. The summed E-state index contributed by atoms with van der Waals surface area (Å²) in [6.45, 7) is 2.85. The van der Waals surface area contributed by atoms with E-state index in [4.69, 9.17) is 0 Å². The number of alkyl halides is 2. The number of likely N-dealkylation sites (tertiary alicyclic amines) is 1. The van der Waals surface area contributed by atoms with Gasteiger partial charge in [-0.15, -0.1) is 0 Å². The van der Waals surface area contributed by atoms with Crippen molar-refractivity contribution in [2.24, 2.45) is 0 Å². The number of halogens is 2. The Morgan fingerprint density at radius 3 is 2.74 bits per heavy atom. The Morgan fingerprint density at radius 1 is 1.42 bits per heavy atom. The maximum absolute atomic E-state index is 12.8.